The Morgan fingerprint density at radius 1 is 1.24 bits per heavy atom. The Bertz CT molecular complexity index is 880. The molecular formula is C17H15ClN4O3. The summed E-state index contributed by atoms with van der Waals surface area (Å²) in [4.78, 5) is 14.5. The summed E-state index contributed by atoms with van der Waals surface area (Å²) in [5.74, 6) is 0.810. The molecule has 0 amide bonds. The smallest absolute Gasteiger partial charge is 0.269 e. The van der Waals surface area contributed by atoms with E-state index >= 15 is 0 Å². The van der Waals surface area contributed by atoms with Crippen molar-refractivity contribution in [1.29, 1.82) is 0 Å². The molecule has 25 heavy (non-hydrogen) atoms. The molecule has 0 radical (unpaired) electrons. The molecule has 1 N–H and O–H groups in total. The van der Waals surface area contributed by atoms with Crippen molar-refractivity contribution in [2.45, 2.75) is 19.5 Å². The summed E-state index contributed by atoms with van der Waals surface area (Å²) in [6.45, 7) is 2.38. The van der Waals surface area contributed by atoms with Gasteiger partial charge in [0.1, 0.15) is 0 Å². The van der Waals surface area contributed by atoms with E-state index in [9.17, 15) is 10.1 Å². The van der Waals surface area contributed by atoms with Crippen LogP contribution in [0, 0.1) is 10.1 Å². The van der Waals surface area contributed by atoms with Gasteiger partial charge < -0.3 is 9.84 Å². The minimum atomic E-state index is -0.453. The average molecular weight is 359 g/mol. The Kier molecular flexibility index (Phi) is 5.06. The van der Waals surface area contributed by atoms with Crippen molar-refractivity contribution in [3.8, 4) is 11.4 Å². The van der Waals surface area contributed by atoms with Crippen LogP contribution >= 0.6 is 11.6 Å². The third kappa shape index (κ3) is 4.01. The Morgan fingerprint density at radius 2 is 1.96 bits per heavy atom. The minimum Gasteiger partial charge on any atom is -0.338 e. The van der Waals surface area contributed by atoms with Gasteiger partial charge >= 0.3 is 0 Å². The van der Waals surface area contributed by atoms with Crippen molar-refractivity contribution in [1.82, 2.24) is 15.5 Å². The van der Waals surface area contributed by atoms with E-state index < -0.39 is 4.92 Å². The van der Waals surface area contributed by atoms with Gasteiger partial charge in [-0.1, -0.05) is 35.0 Å². The van der Waals surface area contributed by atoms with Gasteiger partial charge in [-0.2, -0.15) is 4.98 Å². The first-order valence-electron chi connectivity index (χ1n) is 7.60. The Balaban J connectivity index is 1.65. The first kappa shape index (κ1) is 17.1. The third-order valence-corrected chi connectivity index (χ3v) is 4.08. The monoisotopic (exact) mass is 358 g/mol. The first-order valence-corrected chi connectivity index (χ1v) is 7.97. The Morgan fingerprint density at radius 3 is 2.64 bits per heavy atom. The number of nitrogens with zero attached hydrogens (tertiary/aromatic N) is 3. The normalized spacial score (nSPS) is 12.1. The molecule has 0 saturated heterocycles. The van der Waals surface area contributed by atoms with Gasteiger partial charge in [0.05, 0.1) is 11.5 Å². The van der Waals surface area contributed by atoms with Crippen molar-refractivity contribution in [3.05, 3.63) is 75.1 Å². The molecule has 128 valence electrons. The second-order valence-electron chi connectivity index (χ2n) is 5.44. The van der Waals surface area contributed by atoms with E-state index in [-0.39, 0.29) is 11.7 Å². The molecular weight excluding hydrogens is 344 g/mol. The van der Waals surface area contributed by atoms with Crippen LogP contribution in [-0.2, 0) is 6.54 Å². The summed E-state index contributed by atoms with van der Waals surface area (Å²) < 4.78 is 5.22. The molecule has 0 saturated carbocycles. The molecule has 0 aliphatic rings. The molecule has 3 rings (SSSR count). The third-order valence-electron chi connectivity index (χ3n) is 3.74. The lowest BCUT2D eigenvalue weighted by atomic mass is 10.1. The maximum absolute atomic E-state index is 10.7. The van der Waals surface area contributed by atoms with Gasteiger partial charge in [-0.3, -0.25) is 10.1 Å². The van der Waals surface area contributed by atoms with E-state index in [4.69, 9.17) is 16.1 Å². The molecule has 0 spiro atoms. The molecule has 8 heteroatoms. The summed E-state index contributed by atoms with van der Waals surface area (Å²) in [6, 6.07) is 13.6. The van der Waals surface area contributed by atoms with Gasteiger partial charge in [0, 0.05) is 28.8 Å². The van der Waals surface area contributed by atoms with Crippen LogP contribution in [0.4, 0.5) is 5.69 Å². The molecule has 1 aromatic heterocycles. The number of non-ortho nitro benzene ring substituents is 1. The largest absolute Gasteiger partial charge is 0.338 e. The molecule has 0 bridgehead atoms. The van der Waals surface area contributed by atoms with Gasteiger partial charge in [0.25, 0.3) is 5.69 Å². The summed E-state index contributed by atoms with van der Waals surface area (Å²) in [5, 5.41) is 18.6. The van der Waals surface area contributed by atoms with Crippen LogP contribution in [0.2, 0.25) is 5.02 Å². The van der Waals surface area contributed by atoms with Crippen molar-refractivity contribution < 1.29 is 9.45 Å². The van der Waals surface area contributed by atoms with Crippen LogP contribution < -0.4 is 5.32 Å². The topological polar surface area (TPSA) is 94.1 Å². The van der Waals surface area contributed by atoms with Crippen molar-refractivity contribution in [2.75, 3.05) is 0 Å². The molecule has 1 atom stereocenters. The number of halogens is 1. The van der Waals surface area contributed by atoms with Crippen molar-refractivity contribution in [3.63, 3.8) is 0 Å². The standard InChI is InChI=1S/C17H15ClN4O3/c1-11(14-4-2-3-5-15(14)18)19-10-16-20-17(21-25-16)12-6-8-13(9-7-12)22(23)24/h2-9,11,19H,10H2,1H3. The van der Waals surface area contributed by atoms with Crippen LogP contribution in [0.25, 0.3) is 11.4 Å². The SMILES string of the molecule is CC(NCc1nc(-c2ccc([N+](=O)[O-])cc2)no1)c1ccccc1Cl. The van der Waals surface area contributed by atoms with Gasteiger partial charge in [0.15, 0.2) is 0 Å². The van der Waals surface area contributed by atoms with E-state index in [1.54, 1.807) is 12.1 Å². The number of aromatic nitrogens is 2. The molecule has 2 aromatic carbocycles. The quantitative estimate of drug-likeness (QED) is 0.525. The van der Waals surface area contributed by atoms with E-state index in [2.05, 4.69) is 15.5 Å². The number of rotatable bonds is 6. The van der Waals surface area contributed by atoms with Gasteiger partial charge in [-0.15, -0.1) is 0 Å². The van der Waals surface area contributed by atoms with Crippen LogP contribution in [0.3, 0.4) is 0 Å². The predicted octanol–water partition coefficient (Wildman–Crippen LogP) is 4.15. The van der Waals surface area contributed by atoms with Crippen LogP contribution in [0.15, 0.2) is 53.1 Å². The number of hydrogen-bond acceptors (Lipinski definition) is 6. The highest BCUT2D eigenvalue weighted by Crippen LogP contribution is 2.23. The molecule has 0 aliphatic carbocycles. The number of nitrogens with one attached hydrogen (secondary N) is 1. The predicted molar refractivity (Wildman–Crippen MR) is 93.1 cm³/mol. The lowest BCUT2D eigenvalue weighted by molar-refractivity contribution is -0.384. The van der Waals surface area contributed by atoms with Crippen LogP contribution in [-0.4, -0.2) is 15.1 Å². The highest BCUT2D eigenvalue weighted by molar-refractivity contribution is 6.31. The summed E-state index contributed by atoms with van der Waals surface area (Å²) in [7, 11) is 0. The second kappa shape index (κ2) is 7.42. The lowest BCUT2D eigenvalue weighted by Crippen LogP contribution is -2.18. The van der Waals surface area contributed by atoms with Crippen molar-refractivity contribution in [2.24, 2.45) is 0 Å². The Labute approximate surface area is 148 Å². The van der Waals surface area contributed by atoms with E-state index in [0.29, 0.717) is 28.8 Å². The van der Waals surface area contributed by atoms with Crippen LogP contribution in [0.5, 0.6) is 0 Å². The number of benzene rings is 2. The van der Waals surface area contributed by atoms with Gasteiger partial charge in [-0.05, 0) is 30.7 Å². The fraction of sp³-hybridized carbons (Fsp3) is 0.176. The molecule has 3 aromatic rings. The summed E-state index contributed by atoms with van der Waals surface area (Å²) >= 11 is 6.18. The summed E-state index contributed by atoms with van der Waals surface area (Å²) in [5.41, 5.74) is 1.65. The lowest BCUT2D eigenvalue weighted by Gasteiger charge is -2.13. The zero-order chi connectivity index (χ0) is 17.8. The highest BCUT2D eigenvalue weighted by atomic mass is 35.5. The first-order chi connectivity index (χ1) is 12.0. The number of nitro groups is 1. The minimum absolute atomic E-state index is 0.0164. The van der Waals surface area contributed by atoms with E-state index in [1.807, 2.05) is 31.2 Å². The Hall–Kier alpha value is -2.77. The van der Waals surface area contributed by atoms with E-state index in [1.165, 1.54) is 12.1 Å². The fourth-order valence-electron chi connectivity index (χ4n) is 2.35. The maximum atomic E-state index is 10.7. The zero-order valence-corrected chi connectivity index (χ0v) is 14.1. The molecule has 0 fully saturated rings. The zero-order valence-electron chi connectivity index (χ0n) is 13.3. The van der Waals surface area contributed by atoms with Crippen molar-refractivity contribution >= 4 is 17.3 Å². The van der Waals surface area contributed by atoms with Gasteiger partial charge in [0.2, 0.25) is 11.7 Å². The second-order valence-corrected chi connectivity index (χ2v) is 5.85. The molecule has 1 heterocycles. The van der Waals surface area contributed by atoms with Gasteiger partial charge in [-0.25, -0.2) is 0 Å². The molecule has 7 nitrogen and oxygen atoms in total. The summed E-state index contributed by atoms with van der Waals surface area (Å²) in [6.07, 6.45) is 0. The van der Waals surface area contributed by atoms with Crippen LogP contribution in [0.1, 0.15) is 24.4 Å². The maximum Gasteiger partial charge on any atom is 0.269 e. The molecule has 0 aliphatic heterocycles. The number of nitro benzene ring substituents is 1. The average Bonchev–Trinajstić information content (AvgIpc) is 3.09. The molecule has 1 unspecified atom stereocenters. The fourth-order valence-corrected chi connectivity index (χ4v) is 2.65. The highest BCUT2D eigenvalue weighted by Gasteiger charge is 2.13. The number of hydrogen-bond donors (Lipinski definition) is 1. The van der Waals surface area contributed by atoms with E-state index in [0.717, 1.165) is 5.56 Å².